The van der Waals surface area contributed by atoms with E-state index in [4.69, 9.17) is 4.74 Å². The second kappa shape index (κ2) is 7.17. The maximum Gasteiger partial charge on any atom is 0.258 e. The maximum atomic E-state index is 12.0. The van der Waals surface area contributed by atoms with Crippen LogP contribution in [-0.4, -0.2) is 27.7 Å². The lowest BCUT2D eigenvalue weighted by atomic mass is 10.1. The summed E-state index contributed by atoms with van der Waals surface area (Å²) < 4.78 is 7.37. The van der Waals surface area contributed by atoms with Crippen molar-refractivity contribution in [1.29, 1.82) is 0 Å². The molecule has 0 unspecified atom stereocenters. The summed E-state index contributed by atoms with van der Waals surface area (Å²) in [5.41, 5.74) is 3.29. The molecule has 0 radical (unpaired) electrons. The van der Waals surface area contributed by atoms with Crippen LogP contribution in [0.2, 0.25) is 0 Å². The molecule has 0 bridgehead atoms. The number of carbonyl (C=O) groups excluding carboxylic acids is 2. The SMILES string of the molecule is CC(=O)c1cccc(OCC(=O)NCc2cn3cccc(C)c3n2)c1. The van der Waals surface area contributed by atoms with Crippen LogP contribution in [0.3, 0.4) is 0 Å². The van der Waals surface area contributed by atoms with Crippen LogP contribution in [0.25, 0.3) is 5.65 Å². The standard InChI is InChI=1S/C19H19N3O3/c1-13-5-4-8-22-11-16(21-19(13)22)10-20-18(24)12-25-17-7-3-6-15(9-17)14(2)23/h3-9,11H,10,12H2,1-2H3,(H,20,24). The summed E-state index contributed by atoms with van der Waals surface area (Å²) in [4.78, 5) is 27.8. The van der Waals surface area contributed by atoms with Crippen LogP contribution in [0.1, 0.15) is 28.5 Å². The number of ether oxygens (including phenoxy) is 1. The zero-order valence-corrected chi connectivity index (χ0v) is 14.2. The Morgan fingerprint density at radius 3 is 2.84 bits per heavy atom. The van der Waals surface area contributed by atoms with Crippen molar-refractivity contribution in [3.8, 4) is 5.75 Å². The topological polar surface area (TPSA) is 72.7 Å². The summed E-state index contributed by atoms with van der Waals surface area (Å²) in [6.45, 7) is 3.70. The molecule has 0 atom stereocenters. The van der Waals surface area contributed by atoms with Crippen molar-refractivity contribution in [2.75, 3.05) is 6.61 Å². The summed E-state index contributed by atoms with van der Waals surface area (Å²) in [6, 6.07) is 10.7. The predicted molar refractivity (Wildman–Crippen MR) is 93.7 cm³/mol. The van der Waals surface area contributed by atoms with Crippen LogP contribution in [-0.2, 0) is 11.3 Å². The summed E-state index contributed by atoms with van der Waals surface area (Å²) in [7, 11) is 0. The number of rotatable bonds is 6. The first-order chi connectivity index (χ1) is 12.0. The van der Waals surface area contributed by atoms with Gasteiger partial charge < -0.3 is 14.5 Å². The number of pyridine rings is 1. The molecule has 0 saturated heterocycles. The van der Waals surface area contributed by atoms with Crippen molar-refractivity contribution < 1.29 is 14.3 Å². The van der Waals surface area contributed by atoms with Gasteiger partial charge in [0.1, 0.15) is 11.4 Å². The zero-order valence-electron chi connectivity index (χ0n) is 14.2. The Morgan fingerprint density at radius 1 is 1.24 bits per heavy atom. The molecule has 0 aliphatic rings. The molecule has 25 heavy (non-hydrogen) atoms. The average Bonchev–Trinajstić information content (AvgIpc) is 3.03. The van der Waals surface area contributed by atoms with Gasteiger partial charge >= 0.3 is 0 Å². The highest BCUT2D eigenvalue weighted by Gasteiger charge is 2.07. The fraction of sp³-hybridized carbons (Fsp3) is 0.211. The van der Waals surface area contributed by atoms with Gasteiger partial charge in [-0.2, -0.15) is 0 Å². The van der Waals surface area contributed by atoms with Gasteiger partial charge in [-0.3, -0.25) is 9.59 Å². The van der Waals surface area contributed by atoms with E-state index in [1.165, 1.54) is 6.92 Å². The Bertz CT molecular complexity index is 931. The highest BCUT2D eigenvalue weighted by molar-refractivity contribution is 5.94. The van der Waals surface area contributed by atoms with Crippen LogP contribution in [0.5, 0.6) is 5.75 Å². The molecule has 1 N–H and O–H groups in total. The van der Waals surface area contributed by atoms with Gasteiger partial charge in [-0.1, -0.05) is 18.2 Å². The Labute approximate surface area is 145 Å². The number of aryl methyl sites for hydroxylation is 1. The third kappa shape index (κ3) is 4.03. The minimum atomic E-state index is -0.248. The number of carbonyl (C=O) groups is 2. The molecule has 1 aromatic carbocycles. The van der Waals surface area contributed by atoms with Crippen molar-refractivity contribution in [3.63, 3.8) is 0 Å². The van der Waals surface area contributed by atoms with Gasteiger partial charge in [-0.25, -0.2) is 4.98 Å². The number of ketones is 1. The summed E-state index contributed by atoms with van der Waals surface area (Å²) >= 11 is 0. The van der Waals surface area contributed by atoms with Crippen molar-refractivity contribution in [3.05, 3.63) is 65.6 Å². The van der Waals surface area contributed by atoms with Crippen molar-refractivity contribution in [2.45, 2.75) is 20.4 Å². The second-order valence-corrected chi connectivity index (χ2v) is 5.80. The van der Waals surface area contributed by atoms with Gasteiger partial charge in [0, 0.05) is 18.0 Å². The van der Waals surface area contributed by atoms with Gasteiger partial charge in [-0.15, -0.1) is 0 Å². The number of fused-ring (bicyclic) bond motifs is 1. The number of nitrogens with zero attached hydrogens (tertiary/aromatic N) is 2. The summed E-state index contributed by atoms with van der Waals surface area (Å²) in [6.07, 6.45) is 3.81. The van der Waals surface area contributed by atoms with Gasteiger partial charge in [-0.05, 0) is 37.6 Å². The third-order valence-electron chi connectivity index (χ3n) is 3.80. The molecule has 3 rings (SSSR count). The molecule has 128 valence electrons. The summed E-state index contributed by atoms with van der Waals surface area (Å²) in [5.74, 6) is 0.199. The van der Waals surface area contributed by atoms with Crippen LogP contribution >= 0.6 is 0 Å². The molecule has 0 spiro atoms. The van der Waals surface area contributed by atoms with E-state index in [2.05, 4.69) is 10.3 Å². The molecule has 2 aromatic heterocycles. The fourth-order valence-corrected chi connectivity index (χ4v) is 2.48. The number of hydrogen-bond acceptors (Lipinski definition) is 4. The number of amides is 1. The van der Waals surface area contributed by atoms with E-state index in [1.807, 2.05) is 35.9 Å². The molecule has 3 aromatic rings. The van der Waals surface area contributed by atoms with Gasteiger partial charge in [0.15, 0.2) is 12.4 Å². The van der Waals surface area contributed by atoms with Crippen LogP contribution in [0.4, 0.5) is 0 Å². The van der Waals surface area contributed by atoms with Gasteiger partial charge in [0.2, 0.25) is 0 Å². The highest BCUT2D eigenvalue weighted by Crippen LogP contribution is 2.13. The number of nitrogens with one attached hydrogen (secondary N) is 1. The van der Waals surface area contributed by atoms with E-state index in [0.717, 1.165) is 16.9 Å². The molecular formula is C19H19N3O3. The minimum Gasteiger partial charge on any atom is -0.484 e. The average molecular weight is 337 g/mol. The Kier molecular flexibility index (Phi) is 4.79. The Morgan fingerprint density at radius 2 is 2.08 bits per heavy atom. The first kappa shape index (κ1) is 16.7. The van der Waals surface area contributed by atoms with E-state index >= 15 is 0 Å². The van der Waals surface area contributed by atoms with Gasteiger partial charge in [0.25, 0.3) is 5.91 Å². The molecule has 0 fully saturated rings. The first-order valence-electron chi connectivity index (χ1n) is 7.96. The number of aromatic nitrogens is 2. The number of Topliss-reactive ketones (excluding diaryl/α,β-unsaturated/α-hetero) is 1. The van der Waals surface area contributed by atoms with E-state index in [9.17, 15) is 9.59 Å². The number of imidazole rings is 1. The van der Waals surface area contributed by atoms with Crippen LogP contribution in [0.15, 0.2) is 48.8 Å². The molecule has 1 amide bonds. The van der Waals surface area contributed by atoms with E-state index in [-0.39, 0.29) is 18.3 Å². The second-order valence-electron chi connectivity index (χ2n) is 5.80. The minimum absolute atomic E-state index is 0.0444. The van der Waals surface area contributed by atoms with Crippen molar-refractivity contribution >= 4 is 17.3 Å². The number of benzene rings is 1. The Balaban J connectivity index is 1.55. The quantitative estimate of drug-likeness (QED) is 0.702. The predicted octanol–water partition coefficient (Wildman–Crippen LogP) is 2.54. The Hall–Kier alpha value is -3.15. The highest BCUT2D eigenvalue weighted by atomic mass is 16.5. The van der Waals surface area contributed by atoms with E-state index in [1.54, 1.807) is 24.3 Å². The molecule has 0 aliphatic carbocycles. The summed E-state index contributed by atoms with van der Waals surface area (Å²) in [5, 5.41) is 2.78. The van der Waals surface area contributed by atoms with Gasteiger partial charge in [0.05, 0.1) is 12.2 Å². The monoisotopic (exact) mass is 337 g/mol. The molecule has 0 aliphatic heterocycles. The first-order valence-corrected chi connectivity index (χ1v) is 7.96. The van der Waals surface area contributed by atoms with E-state index in [0.29, 0.717) is 17.9 Å². The maximum absolute atomic E-state index is 12.0. The van der Waals surface area contributed by atoms with Crippen LogP contribution in [0, 0.1) is 6.92 Å². The fourth-order valence-electron chi connectivity index (χ4n) is 2.48. The molecular weight excluding hydrogens is 318 g/mol. The molecule has 0 saturated carbocycles. The molecule has 2 heterocycles. The largest absolute Gasteiger partial charge is 0.484 e. The normalized spacial score (nSPS) is 10.6. The smallest absolute Gasteiger partial charge is 0.258 e. The third-order valence-corrected chi connectivity index (χ3v) is 3.80. The molecule has 6 nitrogen and oxygen atoms in total. The van der Waals surface area contributed by atoms with Crippen LogP contribution < -0.4 is 10.1 Å². The lowest BCUT2D eigenvalue weighted by Crippen LogP contribution is -2.28. The molecule has 6 heteroatoms. The van der Waals surface area contributed by atoms with Crippen molar-refractivity contribution in [2.24, 2.45) is 0 Å². The number of hydrogen-bond donors (Lipinski definition) is 1. The van der Waals surface area contributed by atoms with Crippen molar-refractivity contribution in [1.82, 2.24) is 14.7 Å². The zero-order chi connectivity index (χ0) is 17.8. The lowest BCUT2D eigenvalue weighted by molar-refractivity contribution is -0.123. The lowest BCUT2D eigenvalue weighted by Gasteiger charge is -2.07. The van der Waals surface area contributed by atoms with E-state index < -0.39 is 0 Å².